The van der Waals surface area contributed by atoms with Crippen LogP contribution in [0.1, 0.15) is 17.0 Å². The number of anilines is 1. The molecule has 0 bridgehead atoms. The Hall–Kier alpha value is -2.41. The molecule has 0 fully saturated rings. The minimum atomic E-state index is -0.417. The van der Waals surface area contributed by atoms with Gasteiger partial charge in [-0.1, -0.05) is 30.3 Å². The number of nitrogens with zero attached hydrogens (tertiary/aromatic N) is 1. The highest BCUT2D eigenvalue weighted by Gasteiger charge is 2.19. The zero-order valence-electron chi connectivity index (χ0n) is 13.6. The van der Waals surface area contributed by atoms with Gasteiger partial charge in [0.1, 0.15) is 0 Å². The van der Waals surface area contributed by atoms with Gasteiger partial charge in [0.2, 0.25) is 5.91 Å². The third-order valence-corrected chi connectivity index (χ3v) is 4.20. The van der Waals surface area contributed by atoms with Gasteiger partial charge in [-0.15, -0.1) is 0 Å². The highest BCUT2D eigenvalue weighted by atomic mass is 32.1. The van der Waals surface area contributed by atoms with Crippen molar-refractivity contribution in [2.75, 3.05) is 11.9 Å². The van der Waals surface area contributed by atoms with Gasteiger partial charge in [-0.05, 0) is 47.6 Å². The number of carbonyl (C=O) groups is 1. The minimum Gasteiger partial charge on any atom is -0.329 e. The molecule has 3 rings (SSSR count). The van der Waals surface area contributed by atoms with Crippen LogP contribution in [0.15, 0.2) is 60.9 Å². The van der Waals surface area contributed by atoms with Gasteiger partial charge in [0.15, 0.2) is 0 Å². The fourth-order valence-corrected chi connectivity index (χ4v) is 2.85. The molecule has 25 heavy (non-hydrogen) atoms. The van der Waals surface area contributed by atoms with Crippen molar-refractivity contribution in [3.05, 3.63) is 72.1 Å². The first-order chi connectivity index (χ1) is 12.2. The molecule has 0 saturated carbocycles. The topological polar surface area (TPSA) is 77.2 Å². The molecule has 1 aromatic heterocycles. The molecule has 1 atom stereocenters. The molecule has 5 nitrogen and oxygen atoms in total. The Bertz CT molecular complexity index is 868. The van der Waals surface area contributed by atoms with Crippen molar-refractivity contribution in [3.8, 4) is 0 Å². The van der Waals surface area contributed by atoms with Crippen molar-refractivity contribution in [1.82, 2.24) is 4.98 Å². The van der Waals surface area contributed by atoms with Crippen molar-refractivity contribution in [1.29, 1.82) is 0 Å². The van der Waals surface area contributed by atoms with E-state index in [0.717, 1.165) is 27.6 Å². The summed E-state index contributed by atoms with van der Waals surface area (Å²) in [5.41, 5.74) is 8.43. The maximum Gasteiger partial charge on any atom is 0.233 e. The molecule has 0 radical (unpaired) electrons. The van der Waals surface area contributed by atoms with Crippen LogP contribution < -0.4 is 11.1 Å². The number of benzene rings is 2. The molecule has 0 aliphatic heterocycles. The lowest BCUT2D eigenvalue weighted by atomic mass is 9.97. The average Bonchev–Trinajstić information content (AvgIpc) is 2.64. The standard InChI is InChI=1S/C19H19N3O2S/c20-10-18(14-3-1-13(2-4-14)12-24-25)19(23)22-17-6-5-16-11-21-8-7-15(16)9-17/h1-9,11,18,25H,10,12,20H2,(H,22,23). The molecule has 6 heteroatoms. The maximum absolute atomic E-state index is 12.7. The van der Waals surface area contributed by atoms with E-state index < -0.39 is 5.92 Å². The van der Waals surface area contributed by atoms with Crippen LogP contribution in [0, 0.1) is 0 Å². The van der Waals surface area contributed by atoms with Gasteiger partial charge in [0.25, 0.3) is 0 Å². The van der Waals surface area contributed by atoms with E-state index in [1.165, 1.54) is 0 Å². The van der Waals surface area contributed by atoms with Crippen LogP contribution in [0.3, 0.4) is 0 Å². The van der Waals surface area contributed by atoms with Crippen molar-refractivity contribution < 1.29 is 8.98 Å². The third-order valence-electron chi connectivity index (χ3n) is 4.07. The second-order valence-electron chi connectivity index (χ2n) is 5.73. The van der Waals surface area contributed by atoms with Crippen LogP contribution in [-0.4, -0.2) is 17.4 Å². The first-order valence-electron chi connectivity index (χ1n) is 7.91. The lowest BCUT2D eigenvalue weighted by Crippen LogP contribution is -2.27. The fourth-order valence-electron chi connectivity index (χ4n) is 2.71. The minimum absolute atomic E-state index is 0.130. The van der Waals surface area contributed by atoms with Crippen LogP contribution in [0.25, 0.3) is 10.8 Å². The number of nitrogens with one attached hydrogen (secondary N) is 1. The summed E-state index contributed by atoms with van der Waals surface area (Å²) in [5.74, 6) is -0.548. The Kier molecular flexibility index (Phi) is 5.65. The van der Waals surface area contributed by atoms with Gasteiger partial charge in [-0.3, -0.25) is 9.78 Å². The summed E-state index contributed by atoms with van der Waals surface area (Å²) < 4.78 is 4.80. The highest BCUT2D eigenvalue weighted by molar-refractivity contribution is 7.75. The van der Waals surface area contributed by atoms with E-state index in [1.54, 1.807) is 12.4 Å². The molecule has 128 valence electrons. The Morgan fingerprint density at radius 3 is 2.68 bits per heavy atom. The molecule has 2 aromatic carbocycles. The smallest absolute Gasteiger partial charge is 0.233 e. The summed E-state index contributed by atoms with van der Waals surface area (Å²) >= 11 is 3.74. The molecule has 0 spiro atoms. The van der Waals surface area contributed by atoms with Crippen molar-refractivity contribution in [2.24, 2.45) is 5.73 Å². The predicted molar refractivity (Wildman–Crippen MR) is 102 cm³/mol. The van der Waals surface area contributed by atoms with Gasteiger partial charge in [-0.25, -0.2) is 0 Å². The van der Waals surface area contributed by atoms with E-state index in [0.29, 0.717) is 6.61 Å². The molecule has 1 heterocycles. The molecule has 1 amide bonds. The van der Waals surface area contributed by atoms with E-state index in [2.05, 4.69) is 23.2 Å². The Morgan fingerprint density at radius 1 is 1.16 bits per heavy atom. The number of hydrogen-bond acceptors (Lipinski definition) is 5. The normalized spacial score (nSPS) is 12.1. The van der Waals surface area contributed by atoms with Gasteiger partial charge in [-0.2, -0.15) is 0 Å². The SMILES string of the molecule is NCC(C(=O)Nc1ccc2cnccc2c1)c1ccc(COS)cc1. The summed E-state index contributed by atoms with van der Waals surface area (Å²) in [6.45, 7) is 0.639. The van der Waals surface area contributed by atoms with E-state index in [-0.39, 0.29) is 12.5 Å². The first-order valence-corrected chi connectivity index (χ1v) is 8.27. The summed E-state index contributed by atoms with van der Waals surface area (Å²) in [7, 11) is 0. The number of carbonyl (C=O) groups excluding carboxylic acids is 1. The third kappa shape index (κ3) is 4.17. The number of thiol groups is 1. The number of aromatic nitrogens is 1. The number of rotatable bonds is 6. The molecule has 3 aromatic rings. The van der Waals surface area contributed by atoms with Crippen LogP contribution >= 0.6 is 12.9 Å². The van der Waals surface area contributed by atoms with Crippen molar-refractivity contribution in [2.45, 2.75) is 12.5 Å². The zero-order chi connectivity index (χ0) is 17.6. The number of pyridine rings is 1. The Balaban J connectivity index is 1.76. The average molecular weight is 353 g/mol. The van der Waals surface area contributed by atoms with Crippen LogP contribution in [-0.2, 0) is 15.6 Å². The predicted octanol–water partition coefficient (Wildman–Crippen LogP) is 3.28. The fraction of sp³-hybridized carbons (Fsp3) is 0.158. The summed E-state index contributed by atoms with van der Waals surface area (Å²) in [5, 5.41) is 4.99. The van der Waals surface area contributed by atoms with Gasteiger partial charge in [0, 0.05) is 30.0 Å². The van der Waals surface area contributed by atoms with Crippen LogP contribution in [0.2, 0.25) is 0 Å². The lowest BCUT2D eigenvalue weighted by molar-refractivity contribution is -0.117. The quantitative estimate of drug-likeness (QED) is 0.469. The number of nitrogens with two attached hydrogens (primary N) is 1. The Labute approximate surface area is 151 Å². The second kappa shape index (κ2) is 8.11. The summed E-state index contributed by atoms with van der Waals surface area (Å²) in [6.07, 6.45) is 3.52. The van der Waals surface area contributed by atoms with Gasteiger partial charge < -0.3 is 15.2 Å². The molecular formula is C19H19N3O2S. The van der Waals surface area contributed by atoms with Gasteiger partial charge in [0.05, 0.1) is 12.5 Å². The van der Waals surface area contributed by atoms with Gasteiger partial charge >= 0.3 is 0 Å². The lowest BCUT2D eigenvalue weighted by Gasteiger charge is -2.16. The largest absolute Gasteiger partial charge is 0.329 e. The Morgan fingerprint density at radius 2 is 1.96 bits per heavy atom. The molecule has 0 saturated heterocycles. The second-order valence-corrected chi connectivity index (χ2v) is 5.99. The van der Waals surface area contributed by atoms with Crippen LogP contribution in [0.4, 0.5) is 5.69 Å². The van der Waals surface area contributed by atoms with E-state index in [1.807, 2.05) is 48.5 Å². The number of fused-ring (bicyclic) bond motifs is 1. The highest BCUT2D eigenvalue weighted by Crippen LogP contribution is 2.21. The molecular weight excluding hydrogens is 334 g/mol. The summed E-state index contributed by atoms with van der Waals surface area (Å²) in [4.78, 5) is 16.7. The number of amides is 1. The maximum atomic E-state index is 12.7. The van der Waals surface area contributed by atoms with Crippen molar-refractivity contribution >= 4 is 35.3 Å². The monoisotopic (exact) mass is 353 g/mol. The van der Waals surface area contributed by atoms with Crippen LogP contribution in [0.5, 0.6) is 0 Å². The first kappa shape index (κ1) is 17.4. The molecule has 0 aliphatic rings. The zero-order valence-corrected chi connectivity index (χ0v) is 14.4. The summed E-state index contributed by atoms with van der Waals surface area (Å²) in [6, 6.07) is 15.2. The van der Waals surface area contributed by atoms with E-state index in [4.69, 9.17) is 9.92 Å². The van der Waals surface area contributed by atoms with Crippen molar-refractivity contribution in [3.63, 3.8) is 0 Å². The molecule has 3 N–H and O–H groups in total. The number of hydrogen-bond donors (Lipinski definition) is 3. The van der Waals surface area contributed by atoms with E-state index in [9.17, 15) is 4.79 Å². The molecule has 1 unspecified atom stereocenters. The van der Waals surface area contributed by atoms with E-state index >= 15 is 0 Å². The molecule has 0 aliphatic carbocycles.